The average molecular weight is 231 g/mol. The van der Waals surface area contributed by atoms with Crippen LogP contribution in [0.1, 0.15) is 49.3 Å². The van der Waals surface area contributed by atoms with Crippen molar-refractivity contribution in [2.24, 2.45) is 4.99 Å². The smallest absolute Gasteiger partial charge is 0.235 e. The molecule has 0 aliphatic heterocycles. The number of rotatable bonds is 3. The second-order valence-corrected chi connectivity index (χ2v) is 5.08. The third kappa shape index (κ3) is 1.87. The van der Waals surface area contributed by atoms with E-state index in [-0.39, 0.29) is 5.75 Å². The zero-order valence-electron chi connectivity index (χ0n) is 10.4. The molecule has 0 aromatic heterocycles. The van der Waals surface area contributed by atoms with Gasteiger partial charge in [0.1, 0.15) is 11.3 Å². The Labute approximate surface area is 101 Å². The summed E-state index contributed by atoms with van der Waals surface area (Å²) in [6, 6.07) is 3.93. The summed E-state index contributed by atoms with van der Waals surface area (Å²) in [4.78, 5) is 14.5. The first kappa shape index (κ1) is 11.9. The van der Waals surface area contributed by atoms with E-state index < -0.39 is 5.54 Å². The molecule has 0 amide bonds. The van der Waals surface area contributed by atoms with E-state index in [1.165, 1.54) is 0 Å². The SMILES string of the molecule is Cc1ccc(C(C)C)c(C2(N=C=O)CC2)c1O. The Hall–Kier alpha value is -1.60. The Morgan fingerprint density at radius 2 is 2.06 bits per heavy atom. The van der Waals surface area contributed by atoms with Crippen molar-refractivity contribution in [1.82, 2.24) is 0 Å². The van der Waals surface area contributed by atoms with Gasteiger partial charge >= 0.3 is 0 Å². The van der Waals surface area contributed by atoms with Gasteiger partial charge in [-0.25, -0.2) is 4.79 Å². The average Bonchev–Trinajstić information content (AvgIpc) is 3.02. The van der Waals surface area contributed by atoms with Crippen molar-refractivity contribution in [3.8, 4) is 5.75 Å². The van der Waals surface area contributed by atoms with Crippen LogP contribution in [0.3, 0.4) is 0 Å². The highest BCUT2D eigenvalue weighted by Gasteiger charge is 2.48. The molecule has 17 heavy (non-hydrogen) atoms. The minimum Gasteiger partial charge on any atom is -0.507 e. The number of hydrogen-bond donors (Lipinski definition) is 1. The van der Waals surface area contributed by atoms with Crippen molar-refractivity contribution in [1.29, 1.82) is 0 Å². The molecule has 1 aromatic rings. The number of aromatic hydroxyl groups is 1. The topological polar surface area (TPSA) is 49.7 Å². The maximum absolute atomic E-state index is 10.5. The van der Waals surface area contributed by atoms with Crippen LogP contribution < -0.4 is 0 Å². The van der Waals surface area contributed by atoms with Crippen LogP contribution in [-0.2, 0) is 10.3 Å². The maximum Gasteiger partial charge on any atom is 0.235 e. The summed E-state index contributed by atoms with van der Waals surface area (Å²) >= 11 is 0. The molecule has 1 fully saturated rings. The molecule has 0 saturated heterocycles. The molecule has 0 spiro atoms. The predicted molar refractivity (Wildman–Crippen MR) is 66.0 cm³/mol. The van der Waals surface area contributed by atoms with Crippen molar-refractivity contribution in [3.05, 3.63) is 28.8 Å². The van der Waals surface area contributed by atoms with Gasteiger partial charge in [-0.2, -0.15) is 4.99 Å². The zero-order chi connectivity index (χ0) is 12.6. The van der Waals surface area contributed by atoms with Gasteiger partial charge in [0, 0.05) is 5.56 Å². The number of aliphatic imine (C=N–C) groups is 1. The third-order valence-electron chi connectivity index (χ3n) is 3.48. The highest BCUT2D eigenvalue weighted by atomic mass is 16.3. The number of hydrogen-bond acceptors (Lipinski definition) is 3. The van der Waals surface area contributed by atoms with Crippen LogP contribution in [0.4, 0.5) is 0 Å². The van der Waals surface area contributed by atoms with Crippen molar-refractivity contribution < 1.29 is 9.90 Å². The van der Waals surface area contributed by atoms with E-state index in [0.717, 1.165) is 29.5 Å². The molecule has 2 rings (SSSR count). The van der Waals surface area contributed by atoms with Gasteiger partial charge in [0.15, 0.2) is 0 Å². The summed E-state index contributed by atoms with van der Waals surface area (Å²) < 4.78 is 0. The lowest BCUT2D eigenvalue weighted by molar-refractivity contribution is 0.452. The predicted octanol–water partition coefficient (Wildman–Crippen LogP) is 3.15. The van der Waals surface area contributed by atoms with Crippen molar-refractivity contribution in [2.75, 3.05) is 0 Å². The van der Waals surface area contributed by atoms with Crippen LogP contribution in [0.5, 0.6) is 5.75 Å². The zero-order valence-corrected chi connectivity index (χ0v) is 10.4. The van der Waals surface area contributed by atoms with Gasteiger partial charge in [-0.3, -0.25) is 0 Å². The van der Waals surface area contributed by atoms with E-state index >= 15 is 0 Å². The van der Waals surface area contributed by atoms with E-state index in [0.29, 0.717) is 5.92 Å². The fourth-order valence-electron chi connectivity index (χ4n) is 2.30. The van der Waals surface area contributed by atoms with E-state index in [1.54, 1.807) is 6.08 Å². The molecule has 1 saturated carbocycles. The lowest BCUT2D eigenvalue weighted by atomic mass is 9.89. The van der Waals surface area contributed by atoms with Crippen LogP contribution >= 0.6 is 0 Å². The van der Waals surface area contributed by atoms with Crippen molar-refractivity contribution in [3.63, 3.8) is 0 Å². The summed E-state index contributed by atoms with van der Waals surface area (Å²) in [6.07, 6.45) is 3.28. The van der Waals surface area contributed by atoms with Gasteiger partial charge in [-0.1, -0.05) is 26.0 Å². The first-order valence-electron chi connectivity index (χ1n) is 5.94. The van der Waals surface area contributed by atoms with E-state index in [2.05, 4.69) is 18.8 Å². The van der Waals surface area contributed by atoms with Crippen molar-refractivity contribution >= 4 is 6.08 Å². The quantitative estimate of drug-likeness (QED) is 0.641. The molecule has 0 atom stereocenters. The first-order valence-corrected chi connectivity index (χ1v) is 5.94. The summed E-state index contributed by atoms with van der Waals surface area (Å²) in [7, 11) is 0. The van der Waals surface area contributed by atoms with Crippen LogP contribution in [0.15, 0.2) is 17.1 Å². The Balaban J connectivity index is 2.66. The number of phenols is 1. The molecule has 0 radical (unpaired) electrons. The molecule has 3 heteroatoms. The molecular weight excluding hydrogens is 214 g/mol. The number of aryl methyl sites for hydroxylation is 1. The molecule has 1 aliphatic carbocycles. The van der Waals surface area contributed by atoms with E-state index in [4.69, 9.17) is 0 Å². The summed E-state index contributed by atoms with van der Waals surface area (Å²) in [6.45, 7) is 6.02. The number of phenolic OH excluding ortho intramolecular Hbond substituents is 1. The molecule has 0 heterocycles. The maximum atomic E-state index is 10.5. The van der Waals surface area contributed by atoms with Crippen LogP contribution in [0.25, 0.3) is 0 Å². The van der Waals surface area contributed by atoms with Gasteiger partial charge in [0.25, 0.3) is 0 Å². The summed E-state index contributed by atoms with van der Waals surface area (Å²) in [5.41, 5.74) is 2.23. The van der Waals surface area contributed by atoms with Gasteiger partial charge in [-0.05, 0) is 36.8 Å². The number of carbonyl (C=O) groups excluding carboxylic acids is 1. The van der Waals surface area contributed by atoms with Crippen LogP contribution in [0, 0.1) is 6.92 Å². The Morgan fingerprint density at radius 3 is 2.53 bits per heavy atom. The van der Waals surface area contributed by atoms with Gasteiger partial charge in [0.05, 0.1) is 0 Å². The molecular formula is C14H17NO2. The van der Waals surface area contributed by atoms with Crippen molar-refractivity contribution in [2.45, 2.75) is 45.1 Å². The highest BCUT2D eigenvalue weighted by Crippen LogP contribution is 2.54. The first-order chi connectivity index (χ1) is 8.02. The molecule has 0 unspecified atom stereocenters. The summed E-state index contributed by atoms with van der Waals surface area (Å²) in [5, 5.41) is 10.2. The molecule has 3 nitrogen and oxygen atoms in total. The third-order valence-corrected chi connectivity index (χ3v) is 3.48. The van der Waals surface area contributed by atoms with Gasteiger partial charge < -0.3 is 5.11 Å². The van der Waals surface area contributed by atoms with Crippen LogP contribution in [0.2, 0.25) is 0 Å². The lowest BCUT2D eigenvalue weighted by Gasteiger charge is -2.20. The van der Waals surface area contributed by atoms with E-state index in [1.807, 2.05) is 19.1 Å². The number of benzene rings is 1. The number of isocyanates is 1. The number of nitrogens with zero attached hydrogens (tertiary/aromatic N) is 1. The Morgan fingerprint density at radius 1 is 1.41 bits per heavy atom. The molecule has 1 N–H and O–H groups in total. The fourth-order valence-corrected chi connectivity index (χ4v) is 2.30. The highest BCUT2D eigenvalue weighted by molar-refractivity contribution is 5.54. The fraction of sp³-hybridized carbons (Fsp3) is 0.500. The normalized spacial score (nSPS) is 16.7. The second-order valence-electron chi connectivity index (χ2n) is 5.08. The Kier molecular flexibility index (Phi) is 2.80. The minimum absolute atomic E-state index is 0.285. The molecule has 0 bridgehead atoms. The van der Waals surface area contributed by atoms with E-state index in [9.17, 15) is 9.90 Å². The minimum atomic E-state index is -0.503. The standard InChI is InChI=1S/C14H17NO2/c1-9(2)11-5-4-10(3)13(17)12(11)14(6-7-14)15-8-16/h4-5,9,17H,6-7H2,1-3H3. The lowest BCUT2D eigenvalue weighted by Crippen LogP contribution is -2.09. The van der Waals surface area contributed by atoms with Crippen LogP contribution in [-0.4, -0.2) is 11.2 Å². The largest absolute Gasteiger partial charge is 0.507 e. The second kappa shape index (κ2) is 4.01. The Bertz CT molecular complexity index is 495. The monoisotopic (exact) mass is 231 g/mol. The van der Waals surface area contributed by atoms with Gasteiger partial charge in [-0.15, -0.1) is 0 Å². The molecule has 1 aliphatic rings. The molecule has 90 valence electrons. The molecule has 1 aromatic carbocycles. The summed E-state index contributed by atoms with van der Waals surface area (Å²) in [5.74, 6) is 0.587. The van der Waals surface area contributed by atoms with Gasteiger partial charge in [0.2, 0.25) is 6.08 Å².